The predicted octanol–water partition coefficient (Wildman–Crippen LogP) is 3.10. The van der Waals surface area contributed by atoms with Crippen molar-refractivity contribution >= 4 is 34.4 Å². The molecule has 0 aromatic carbocycles. The van der Waals surface area contributed by atoms with Crippen LogP contribution >= 0.6 is 11.3 Å². The number of aromatic nitrogens is 1. The predicted molar refractivity (Wildman–Crippen MR) is 86.2 cm³/mol. The van der Waals surface area contributed by atoms with Gasteiger partial charge in [0.2, 0.25) is 5.91 Å². The summed E-state index contributed by atoms with van der Waals surface area (Å²) in [5, 5.41) is 12.7. The van der Waals surface area contributed by atoms with Gasteiger partial charge >= 0.3 is 18.2 Å². The van der Waals surface area contributed by atoms with Gasteiger partial charge < -0.3 is 20.5 Å². The van der Waals surface area contributed by atoms with Crippen LogP contribution in [0.3, 0.4) is 0 Å². The van der Waals surface area contributed by atoms with E-state index in [1.807, 2.05) is 0 Å². The molecule has 0 saturated carbocycles. The lowest BCUT2D eigenvalue weighted by atomic mass is 10.2. The van der Waals surface area contributed by atoms with E-state index < -0.39 is 51.5 Å². The first-order chi connectivity index (χ1) is 11.7. The Morgan fingerprint density at radius 1 is 1.27 bits per heavy atom. The summed E-state index contributed by atoms with van der Waals surface area (Å²) in [6.45, 7) is 6.42. The maximum Gasteiger partial charge on any atom is 0.435 e. The third kappa shape index (κ3) is 6.17. The Hall–Kier alpha value is -2.37. The number of thiazole rings is 1. The summed E-state index contributed by atoms with van der Waals surface area (Å²) in [6.07, 6.45) is -5.73. The highest BCUT2D eigenvalue weighted by Crippen LogP contribution is 2.36. The van der Waals surface area contributed by atoms with E-state index in [2.05, 4.69) is 15.6 Å². The molecule has 1 aromatic heterocycles. The largest absolute Gasteiger partial charge is 0.477 e. The highest BCUT2D eigenvalue weighted by atomic mass is 32.1. The third-order valence-electron chi connectivity index (χ3n) is 2.74. The Labute approximate surface area is 150 Å². The number of carbonyl (C=O) groups excluding carboxylic acids is 2. The van der Waals surface area contributed by atoms with E-state index in [0.29, 0.717) is 0 Å². The van der Waals surface area contributed by atoms with Crippen LogP contribution in [0.5, 0.6) is 0 Å². The van der Waals surface area contributed by atoms with Gasteiger partial charge in [0.15, 0.2) is 10.8 Å². The van der Waals surface area contributed by atoms with Crippen molar-refractivity contribution in [2.24, 2.45) is 0 Å². The lowest BCUT2D eigenvalue weighted by Gasteiger charge is -2.22. The molecule has 0 spiro atoms. The van der Waals surface area contributed by atoms with Crippen molar-refractivity contribution < 1.29 is 37.4 Å². The van der Waals surface area contributed by atoms with Gasteiger partial charge in [-0.15, -0.1) is 0 Å². The summed E-state index contributed by atoms with van der Waals surface area (Å²) in [4.78, 5) is 36.9. The number of alkyl carbamates (subject to hydrolysis) is 1. The Morgan fingerprint density at radius 3 is 2.23 bits per heavy atom. The van der Waals surface area contributed by atoms with E-state index >= 15 is 0 Å². The molecule has 0 fully saturated rings. The fraction of sp³-hybridized carbons (Fsp3) is 0.571. The molecule has 0 radical (unpaired) electrons. The molecule has 1 rings (SSSR count). The van der Waals surface area contributed by atoms with Crippen LogP contribution in [0.1, 0.15) is 49.5 Å². The van der Waals surface area contributed by atoms with E-state index in [0.717, 1.165) is 0 Å². The minimum absolute atomic E-state index is 0.119. The summed E-state index contributed by atoms with van der Waals surface area (Å²) in [5.41, 5.74) is -2.40. The second kappa shape index (κ2) is 7.89. The number of carboxylic acids is 1. The van der Waals surface area contributed by atoms with E-state index in [4.69, 9.17) is 9.84 Å². The van der Waals surface area contributed by atoms with Crippen LogP contribution in [0.2, 0.25) is 0 Å². The lowest BCUT2D eigenvalue weighted by Crippen LogP contribution is -2.45. The molecule has 1 aromatic rings. The van der Waals surface area contributed by atoms with Crippen molar-refractivity contribution in [2.75, 3.05) is 5.32 Å². The second-order valence-electron chi connectivity index (χ2n) is 6.10. The minimum atomic E-state index is -4.98. The van der Waals surface area contributed by atoms with Crippen LogP contribution in [-0.2, 0) is 15.7 Å². The van der Waals surface area contributed by atoms with Gasteiger partial charge in [-0.1, -0.05) is 18.3 Å². The SMILES string of the molecule is CCC(NC(=O)OC(C)(C)C)C(=O)Nc1nc(C(F)(F)F)c(C(=O)O)s1. The first-order valence-electron chi connectivity index (χ1n) is 7.36. The van der Waals surface area contributed by atoms with Crippen molar-refractivity contribution in [3.63, 3.8) is 0 Å². The number of carbonyl (C=O) groups is 3. The fourth-order valence-electron chi connectivity index (χ4n) is 1.71. The quantitative estimate of drug-likeness (QED) is 0.703. The molecule has 0 saturated heterocycles. The fourth-order valence-corrected chi connectivity index (χ4v) is 2.53. The van der Waals surface area contributed by atoms with Crippen LogP contribution in [0.25, 0.3) is 0 Å². The van der Waals surface area contributed by atoms with Gasteiger partial charge in [-0.2, -0.15) is 13.2 Å². The Balaban J connectivity index is 2.91. The van der Waals surface area contributed by atoms with Crippen LogP contribution in [0.4, 0.5) is 23.1 Å². The average Bonchev–Trinajstić information content (AvgIpc) is 2.86. The number of nitrogens with one attached hydrogen (secondary N) is 2. The van der Waals surface area contributed by atoms with Gasteiger partial charge in [0.05, 0.1) is 0 Å². The number of halogens is 3. The maximum atomic E-state index is 12.8. The highest BCUT2D eigenvalue weighted by Gasteiger charge is 2.40. The molecule has 1 unspecified atom stereocenters. The topological polar surface area (TPSA) is 118 Å². The molecule has 0 aliphatic carbocycles. The van der Waals surface area contributed by atoms with Crippen molar-refractivity contribution in [3.05, 3.63) is 10.6 Å². The molecular weight excluding hydrogens is 379 g/mol. The van der Waals surface area contributed by atoms with Crippen molar-refractivity contribution in [1.29, 1.82) is 0 Å². The minimum Gasteiger partial charge on any atom is -0.477 e. The zero-order chi connectivity index (χ0) is 20.3. The molecule has 12 heteroatoms. The second-order valence-corrected chi connectivity index (χ2v) is 7.10. The van der Waals surface area contributed by atoms with Gasteiger partial charge in [0.25, 0.3) is 0 Å². The van der Waals surface area contributed by atoms with Crippen molar-refractivity contribution in [3.8, 4) is 0 Å². The van der Waals surface area contributed by atoms with E-state index in [1.54, 1.807) is 27.7 Å². The smallest absolute Gasteiger partial charge is 0.435 e. The monoisotopic (exact) mass is 397 g/mol. The number of ether oxygens (including phenoxy) is 1. The third-order valence-corrected chi connectivity index (χ3v) is 3.69. The maximum absolute atomic E-state index is 12.8. The Morgan fingerprint density at radius 2 is 1.85 bits per heavy atom. The average molecular weight is 397 g/mol. The molecule has 146 valence electrons. The van der Waals surface area contributed by atoms with Gasteiger partial charge in [-0.25, -0.2) is 14.6 Å². The molecule has 3 N–H and O–H groups in total. The molecule has 26 heavy (non-hydrogen) atoms. The van der Waals surface area contributed by atoms with Crippen LogP contribution in [0.15, 0.2) is 0 Å². The van der Waals surface area contributed by atoms with Crippen LogP contribution in [0, 0.1) is 0 Å². The van der Waals surface area contributed by atoms with Gasteiger partial charge in [0, 0.05) is 0 Å². The number of nitrogens with zero attached hydrogens (tertiary/aromatic N) is 1. The molecule has 2 amide bonds. The van der Waals surface area contributed by atoms with Crippen LogP contribution < -0.4 is 10.6 Å². The van der Waals surface area contributed by atoms with E-state index in [-0.39, 0.29) is 17.8 Å². The number of rotatable bonds is 5. The Bertz CT molecular complexity index is 697. The normalized spacial score (nSPS) is 13.0. The number of amides is 2. The summed E-state index contributed by atoms with van der Waals surface area (Å²) in [6, 6.07) is -1.10. The van der Waals surface area contributed by atoms with Gasteiger partial charge in [0.1, 0.15) is 16.5 Å². The number of alkyl halides is 3. The summed E-state index contributed by atoms with van der Waals surface area (Å²) < 4.78 is 43.4. The molecule has 8 nitrogen and oxygen atoms in total. The Kier molecular flexibility index (Phi) is 6.58. The number of anilines is 1. The molecular formula is C14H18F3N3O5S. The number of hydrogen-bond donors (Lipinski definition) is 3. The number of hydrogen-bond acceptors (Lipinski definition) is 6. The zero-order valence-electron chi connectivity index (χ0n) is 14.4. The lowest BCUT2D eigenvalue weighted by molar-refractivity contribution is -0.141. The van der Waals surface area contributed by atoms with Crippen molar-refractivity contribution in [1.82, 2.24) is 10.3 Å². The van der Waals surface area contributed by atoms with Crippen molar-refractivity contribution in [2.45, 2.75) is 51.9 Å². The summed E-state index contributed by atoms with van der Waals surface area (Å²) >= 11 is 0.173. The van der Waals surface area contributed by atoms with E-state index in [9.17, 15) is 27.6 Å². The van der Waals surface area contributed by atoms with Gasteiger partial charge in [-0.3, -0.25) is 4.79 Å². The first kappa shape index (κ1) is 21.7. The summed E-state index contributed by atoms with van der Waals surface area (Å²) in [5.74, 6) is -2.66. The zero-order valence-corrected chi connectivity index (χ0v) is 15.2. The molecule has 1 heterocycles. The highest BCUT2D eigenvalue weighted by molar-refractivity contribution is 7.17. The molecule has 0 bridgehead atoms. The molecule has 1 atom stereocenters. The van der Waals surface area contributed by atoms with Gasteiger partial charge in [-0.05, 0) is 27.2 Å². The first-order valence-corrected chi connectivity index (χ1v) is 8.18. The summed E-state index contributed by atoms with van der Waals surface area (Å²) in [7, 11) is 0. The number of aromatic carboxylic acids is 1. The molecule has 0 aliphatic rings. The van der Waals surface area contributed by atoms with Crippen LogP contribution in [-0.4, -0.2) is 39.7 Å². The number of carboxylic acid groups (broad SMARTS) is 1. The standard InChI is InChI=1S/C14H18F3N3O5S/c1-5-6(18-12(24)25-13(2,3)4)9(21)20-11-19-8(14(15,16)17)7(26-11)10(22)23/h6H,5H2,1-4H3,(H,18,24)(H,22,23)(H,19,20,21). The molecule has 0 aliphatic heterocycles. The van der Waals surface area contributed by atoms with E-state index in [1.165, 1.54) is 0 Å².